The predicted molar refractivity (Wildman–Crippen MR) is 90.9 cm³/mol. The minimum absolute atomic E-state index is 0.0136. The summed E-state index contributed by atoms with van der Waals surface area (Å²) in [6.45, 7) is 0.603. The molecule has 0 spiro atoms. The number of carbonyl (C=O) groups is 1. The van der Waals surface area contributed by atoms with Crippen LogP contribution < -0.4 is 5.32 Å². The molecule has 0 aliphatic heterocycles. The van der Waals surface area contributed by atoms with Crippen LogP contribution >= 0.6 is 27.5 Å². The van der Waals surface area contributed by atoms with E-state index in [0.717, 1.165) is 15.7 Å². The van der Waals surface area contributed by atoms with E-state index in [1.54, 1.807) is 25.1 Å². The van der Waals surface area contributed by atoms with E-state index in [2.05, 4.69) is 21.2 Å². The molecule has 2 aromatic rings. The van der Waals surface area contributed by atoms with Crippen molar-refractivity contribution in [2.24, 2.45) is 0 Å². The van der Waals surface area contributed by atoms with Gasteiger partial charge < -0.3 is 10.2 Å². The fourth-order valence-electron chi connectivity index (χ4n) is 1.88. The lowest BCUT2D eigenvalue weighted by Crippen LogP contribution is -2.21. The van der Waals surface area contributed by atoms with E-state index in [1.165, 1.54) is 0 Å². The van der Waals surface area contributed by atoms with Gasteiger partial charge in [0, 0.05) is 41.4 Å². The van der Waals surface area contributed by atoms with Crippen molar-refractivity contribution in [1.82, 2.24) is 4.90 Å². The Bertz CT molecular complexity index is 658. The summed E-state index contributed by atoms with van der Waals surface area (Å²) in [5.41, 5.74) is 2.55. The van der Waals surface area contributed by atoms with Gasteiger partial charge in [0.15, 0.2) is 0 Å². The van der Waals surface area contributed by atoms with Crippen molar-refractivity contribution in [3.05, 3.63) is 63.1 Å². The molecule has 0 aromatic heterocycles. The van der Waals surface area contributed by atoms with Crippen LogP contribution in [0.2, 0.25) is 5.02 Å². The van der Waals surface area contributed by atoms with Gasteiger partial charge in [-0.05, 0) is 35.9 Å². The molecular weight excluding hydrogens is 352 g/mol. The topological polar surface area (TPSA) is 32.3 Å². The Labute approximate surface area is 138 Å². The standard InChI is InChI=1S/C16H16BrClN2O/c1-20(2)16(21)11-4-3-5-14(8-11)19-10-12-6-7-13(17)9-15(12)18/h3-9,19H,10H2,1-2H3. The second kappa shape index (κ2) is 6.96. The largest absolute Gasteiger partial charge is 0.381 e. The highest BCUT2D eigenvalue weighted by atomic mass is 79.9. The number of nitrogens with zero attached hydrogens (tertiary/aromatic N) is 1. The highest BCUT2D eigenvalue weighted by Crippen LogP contribution is 2.22. The number of hydrogen-bond acceptors (Lipinski definition) is 2. The maximum atomic E-state index is 11.9. The fourth-order valence-corrected chi connectivity index (χ4v) is 2.62. The van der Waals surface area contributed by atoms with E-state index in [-0.39, 0.29) is 5.91 Å². The summed E-state index contributed by atoms with van der Waals surface area (Å²) in [7, 11) is 3.48. The lowest BCUT2D eigenvalue weighted by molar-refractivity contribution is 0.0827. The van der Waals surface area contributed by atoms with Crippen molar-refractivity contribution in [3.63, 3.8) is 0 Å². The second-order valence-electron chi connectivity index (χ2n) is 4.87. The van der Waals surface area contributed by atoms with Crippen LogP contribution in [0.5, 0.6) is 0 Å². The highest BCUT2D eigenvalue weighted by Gasteiger charge is 2.08. The Morgan fingerprint density at radius 1 is 1.24 bits per heavy atom. The van der Waals surface area contributed by atoms with Gasteiger partial charge in [-0.25, -0.2) is 0 Å². The van der Waals surface area contributed by atoms with Crippen LogP contribution in [0.3, 0.4) is 0 Å². The Morgan fingerprint density at radius 2 is 2.00 bits per heavy atom. The molecule has 0 aliphatic rings. The minimum atomic E-state index is -0.0136. The summed E-state index contributed by atoms with van der Waals surface area (Å²) >= 11 is 9.57. The Morgan fingerprint density at radius 3 is 2.67 bits per heavy atom. The van der Waals surface area contributed by atoms with Gasteiger partial charge in [-0.1, -0.05) is 39.7 Å². The Balaban J connectivity index is 2.10. The van der Waals surface area contributed by atoms with Crippen LogP contribution in [0.25, 0.3) is 0 Å². The molecule has 0 atom stereocenters. The molecule has 21 heavy (non-hydrogen) atoms. The van der Waals surface area contributed by atoms with Crippen molar-refractivity contribution in [2.75, 3.05) is 19.4 Å². The zero-order chi connectivity index (χ0) is 15.4. The molecular formula is C16H16BrClN2O. The van der Waals surface area contributed by atoms with E-state index in [9.17, 15) is 4.79 Å². The van der Waals surface area contributed by atoms with Crippen LogP contribution in [-0.2, 0) is 6.54 Å². The van der Waals surface area contributed by atoms with Crippen LogP contribution in [0, 0.1) is 0 Å². The average molecular weight is 368 g/mol. The monoisotopic (exact) mass is 366 g/mol. The van der Waals surface area contributed by atoms with Crippen molar-refractivity contribution in [3.8, 4) is 0 Å². The molecule has 1 amide bonds. The Hall–Kier alpha value is -1.52. The van der Waals surface area contributed by atoms with Crippen LogP contribution in [-0.4, -0.2) is 24.9 Å². The zero-order valence-electron chi connectivity index (χ0n) is 11.9. The third-order valence-electron chi connectivity index (χ3n) is 3.01. The average Bonchev–Trinajstić information content (AvgIpc) is 2.45. The van der Waals surface area contributed by atoms with Gasteiger partial charge in [-0.3, -0.25) is 4.79 Å². The van der Waals surface area contributed by atoms with Crippen molar-refractivity contribution < 1.29 is 4.79 Å². The molecule has 0 heterocycles. The van der Waals surface area contributed by atoms with E-state index in [1.807, 2.05) is 36.4 Å². The number of nitrogens with one attached hydrogen (secondary N) is 1. The molecule has 0 bridgehead atoms. The predicted octanol–water partition coefficient (Wildman–Crippen LogP) is 4.42. The quantitative estimate of drug-likeness (QED) is 0.868. The number of halogens is 2. The van der Waals surface area contributed by atoms with Crippen molar-refractivity contribution >= 4 is 39.1 Å². The first kappa shape index (κ1) is 15.9. The van der Waals surface area contributed by atoms with Crippen LogP contribution in [0.1, 0.15) is 15.9 Å². The number of hydrogen-bond donors (Lipinski definition) is 1. The van der Waals surface area contributed by atoms with E-state index < -0.39 is 0 Å². The highest BCUT2D eigenvalue weighted by molar-refractivity contribution is 9.10. The first-order valence-electron chi connectivity index (χ1n) is 6.47. The summed E-state index contributed by atoms with van der Waals surface area (Å²) < 4.78 is 0.954. The molecule has 5 heteroatoms. The molecule has 0 fully saturated rings. The van der Waals surface area contributed by atoms with Crippen LogP contribution in [0.4, 0.5) is 5.69 Å². The lowest BCUT2D eigenvalue weighted by atomic mass is 10.1. The molecule has 0 unspecified atom stereocenters. The number of amides is 1. The second-order valence-corrected chi connectivity index (χ2v) is 6.19. The molecule has 2 rings (SSSR count). The van der Waals surface area contributed by atoms with Gasteiger partial charge in [0.1, 0.15) is 0 Å². The number of rotatable bonds is 4. The molecule has 110 valence electrons. The SMILES string of the molecule is CN(C)C(=O)c1cccc(NCc2ccc(Br)cc2Cl)c1. The van der Waals surface area contributed by atoms with E-state index in [0.29, 0.717) is 17.1 Å². The summed E-state index contributed by atoms with van der Waals surface area (Å²) in [4.78, 5) is 13.5. The molecule has 2 aromatic carbocycles. The van der Waals surface area contributed by atoms with Gasteiger partial charge in [0.2, 0.25) is 0 Å². The first-order chi connectivity index (χ1) is 9.97. The van der Waals surface area contributed by atoms with Gasteiger partial charge in [-0.15, -0.1) is 0 Å². The van der Waals surface area contributed by atoms with Gasteiger partial charge in [-0.2, -0.15) is 0 Å². The lowest BCUT2D eigenvalue weighted by Gasteiger charge is -2.12. The molecule has 1 N–H and O–H groups in total. The van der Waals surface area contributed by atoms with Gasteiger partial charge in [0.05, 0.1) is 0 Å². The third kappa shape index (κ3) is 4.22. The molecule has 0 aliphatic carbocycles. The summed E-state index contributed by atoms with van der Waals surface area (Å²) in [6.07, 6.45) is 0. The summed E-state index contributed by atoms with van der Waals surface area (Å²) in [5, 5.41) is 3.99. The van der Waals surface area contributed by atoms with Crippen molar-refractivity contribution in [1.29, 1.82) is 0 Å². The zero-order valence-corrected chi connectivity index (χ0v) is 14.2. The number of anilines is 1. The van der Waals surface area contributed by atoms with Gasteiger partial charge >= 0.3 is 0 Å². The summed E-state index contributed by atoms with van der Waals surface area (Å²) in [5.74, 6) is -0.0136. The smallest absolute Gasteiger partial charge is 0.253 e. The van der Waals surface area contributed by atoms with Crippen molar-refractivity contribution in [2.45, 2.75) is 6.54 Å². The van der Waals surface area contributed by atoms with Crippen LogP contribution in [0.15, 0.2) is 46.9 Å². The Kier molecular flexibility index (Phi) is 5.26. The third-order valence-corrected chi connectivity index (χ3v) is 3.86. The normalized spacial score (nSPS) is 10.3. The summed E-state index contributed by atoms with van der Waals surface area (Å²) in [6, 6.07) is 13.2. The molecule has 0 saturated heterocycles. The minimum Gasteiger partial charge on any atom is -0.381 e. The first-order valence-corrected chi connectivity index (χ1v) is 7.64. The number of carbonyl (C=O) groups excluding carboxylic acids is 1. The maximum absolute atomic E-state index is 11.9. The molecule has 0 radical (unpaired) electrons. The molecule has 0 saturated carbocycles. The van der Waals surface area contributed by atoms with E-state index in [4.69, 9.17) is 11.6 Å². The molecule has 3 nitrogen and oxygen atoms in total. The fraction of sp³-hybridized carbons (Fsp3) is 0.188. The number of benzene rings is 2. The van der Waals surface area contributed by atoms with E-state index >= 15 is 0 Å². The van der Waals surface area contributed by atoms with Gasteiger partial charge in [0.25, 0.3) is 5.91 Å². The maximum Gasteiger partial charge on any atom is 0.253 e.